The molecule has 2 atom stereocenters. The zero-order valence-electron chi connectivity index (χ0n) is 11.2. The Labute approximate surface area is 105 Å². The van der Waals surface area contributed by atoms with Crippen LogP contribution in [0.2, 0.25) is 0 Å². The molecule has 0 aromatic rings. The lowest BCUT2D eigenvalue weighted by Gasteiger charge is -2.18. The van der Waals surface area contributed by atoms with Crippen LogP contribution in [0.5, 0.6) is 0 Å². The summed E-state index contributed by atoms with van der Waals surface area (Å²) in [7, 11) is -4.31. The van der Waals surface area contributed by atoms with Crippen LogP contribution < -0.4 is 6.15 Å². The topological polar surface area (TPSA) is 98.6 Å². The first-order valence-electron chi connectivity index (χ1n) is 6.02. The first kappa shape index (κ1) is 19.2. The highest BCUT2D eigenvalue weighted by atomic mass is 32.3. The van der Waals surface area contributed by atoms with Gasteiger partial charge in [0.1, 0.15) is 0 Å². The van der Waals surface area contributed by atoms with Gasteiger partial charge in [-0.15, -0.1) is 0 Å². The highest BCUT2D eigenvalue weighted by Crippen LogP contribution is 2.17. The average Bonchev–Trinajstić information content (AvgIpc) is 2.14. The minimum atomic E-state index is -4.31. The van der Waals surface area contributed by atoms with E-state index in [9.17, 15) is 8.42 Å². The predicted molar refractivity (Wildman–Crippen MR) is 69.7 cm³/mol. The van der Waals surface area contributed by atoms with Gasteiger partial charge in [0.25, 0.3) is 0 Å². The van der Waals surface area contributed by atoms with Gasteiger partial charge in [-0.25, -0.2) is 4.18 Å². The van der Waals surface area contributed by atoms with Crippen LogP contribution in [-0.2, 0) is 14.6 Å². The van der Waals surface area contributed by atoms with Crippen molar-refractivity contribution in [1.29, 1.82) is 0 Å². The monoisotopic (exact) mass is 269 g/mol. The molecule has 5 nitrogen and oxygen atoms in total. The molecule has 17 heavy (non-hydrogen) atoms. The molecule has 0 heterocycles. The minimum absolute atomic E-state index is 0. The van der Waals surface area contributed by atoms with Crippen LogP contribution in [0.3, 0.4) is 0 Å². The lowest BCUT2D eigenvalue weighted by atomic mass is 9.98. The summed E-state index contributed by atoms with van der Waals surface area (Å²) < 4.78 is 34.0. The van der Waals surface area contributed by atoms with E-state index >= 15 is 0 Å². The maximum Gasteiger partial charge on any atom is 0.397 e. The van der Waals surface area contributed by atoms with Gasteiger partial charge in [-0.1, -0.05) is 46.0 Å². The second-order valence-electron chi connectivity index (χ2n) is 4.41. The molecule has 0 fully saturated rings. The number of hydrogen-bond acceptors (Lipinski definition) is 4. The molecule has 0 aliphatic carbocycles. The van der Waals surface area contributed by atoms with Crippen LogP contribution in [0.1, 0.15) is 59.3 Å². The quantitative estimate of drug-likeness (QED) is 0.494. The van der Waals surface area contributed by atoms with Gasteiger partial charge in [0.05, 0.1) is 6.10 Å². The van der Waals surface area contributed by atoms with E-state index in [0.717, 1.165) is 12.8 Å². The molecule has 0 aliphatic heterocycles. The fraction of sp³-hybridized carbons (Fsp3) is 1.00. The van der Waals surface area contributed by atoms with Gasteiger partial charge >= 0.3 is 10.4 Å². The fourth-order valence-electron chi connectivity index (χ4n) is 1.59. The summed E-state index contributed by atoms with van der Waals surface area (Å²) in [5.74, 6) is 0.142. The van der Waals surface area contributed by atoms with Crippen molar-refractivity contribution in [2.45, 2.75) is 65.4 Å². The summed E-state index contributed by atoms with van der Waals surface area (Å²) in [5.41, 5.74) is 0. The van der Waals surface area contributed by atoms with Gasteiger partial charge in [-0.3, -0.25) is 4.55 Å². The van der Waals surface area contributed by atoms with Crippen molar-refractivity contribution in [3.8, 4) is 0 Å². The summed E-state index contributed by atoms with van der Waals surface area (Å²) in [4.78, 5) is 0. The van der Waals surface area contributed by atoms with Crippen molar-refractivity contribution in [2.24, 2.45) is 5.92 Å². The lowest BCUT2D eigenvalue weighted by molar-refractivity contribution is 0.140. The minimum Gasteiger partial charge on any atom is -0.344 e. The molecule has 0 aromatic carbocycles. The molecule has 0 rings (SSSR count). The van der Waals surface area contributed by atoms with E-state index in [2.05, 4.69) is 11.1 Å². The average molecular weight is 269 g/mol. The SMILES string of the molecule is CCCCCCCC(C)C(C)OS(=O)(=O)O.N. The Balaban J connectivity index is 0. The van der Waals surface area contributed by atoms with Crippen molar-refractivity contribution in [2.75, 3.05) is 0 Å². The third kappa shape index (κ3) is 12.1. The second kappa shape index (κ2) is 9.82. The summed E-state index contributed by atoms with van der Waals surface area (Å²) >= 11 is 0. The molecular formula is C11H27NO4S. The van der Waals surface area contributed by atoms with Gasteiger partial charge in [-0.2, -0.15) is 8.42 Å². The molecule has 4 N–H and O–H groups in total. The third-order valence-electron chi connectivity index (χ3n) is 2.84. The van der Waals surface area contributed by atoms with E-state index in [-0.39, 0.29) is 12.1 Å². The number of unbranched alkanes of at least 4 members (excludes halogenated alkanes) is 4. The Kier molecular flexibility index (Phi) is 11.1. The number of rotatable bonds is 9. The van der Waals surface area contributed by atoms with Gasteiger partial charge < -0.3 is 6.15 Å². The smallest absolute Gasteiger partial charge is 0.344 e. The van der Waals surface area contributed by atoms with E-state index in [1.165, 1.54) is 25.7 Å². The maximum atomic E-state index is 10.5. The van der Waals surface area contributed by atoms with Crippen molar-refractivity contribution < 1.29 is 17.2 Å². The molecule has 0 radical (unpaired) electrons. The molecule has 0 aliphatic rings. The maximum absolute atomic E-state index is 10.5. The van der Waals surface area contributed by atoms with Crippen LogP contribution in [-0.4, -0.2) is 19.1 Å². The predicted octanol–water partition coefficient (Wildman–Crippen LogP) is 3.35. The zero-order valence-corrected chi connectivity index (χ0v) is 12.0. The van der Waals surface area contributed by atoms with Crippen LogP contribution in [0.4, 0.5) is 0 Å². The van der Waals surface area contributed by atoms with Crippen molar-refractivity contribution in [3.63, 3.8) is 0 Å². The molecule has 6 heteroatoms. The molecule has 0 amide bonds. The highest BCUT2D eigenvalue weighted by Gasteiger charge is 2.18. The molecule has 0 aromatic heterocycles. The van der Waals surface area contributed by atoms with Gasteiger partial charge in [0.15, 0.2) is 0 Å². The van der Waals surface area contributed by atoms with Gasteiger partial charge in [0, 0.05) is 0 Å². The fourth-order valence-corrected chi connectivity index (χ4v) is 2.16. The first-order valence-corrected chi connectivity index (χ1v) is 7.39. The van der Waals surface area contributed by atoms with Crippen molar-refractivity contribution in [3.05, 3.63) is 0 Å². The molecule has 0 saturated carbocycles. The van der Waals surface area contributed by atoms with Crippen molar-refractivity contribution in [1.82, 2.24) is 6.15 Å². The molecule has 0 spiro atoms. The van der Waals surface area contributed by atoms with Crippen LogP contribution >= 0.6 is 0 Å². The standard InChI is InChI=1S/C11H24O4S.H3N/c1-4-5-6-7-8-9-10(2)11(3)15-16(12,13)14;/h10-11H,4-9H2,1-3H3,(H,12,13,14);1H3. The largest absolute Gasteiger partial charge is 0.397 e. The summed E-state index contributed by atoms with van der Waals surface area (Å²) in [6, 6.07) is 0. The van der Waals surface area contributed by atoms with E-state index in [4.69, 9.17) is 4.55 Å². The summed E-state index contributed by atoms with van der Waals surface area (Å²) in [6.07, 6.45) is 6.44. The van der Waals surface area contributed by atoms with Gasteiger partial charge in [-0.05, 0) is 19.3 Å². The Morgan fingerprint density at radius 2 is 1.65 bits per heavy atom. The Hall–Kier alpha value is -0.170. The summed E-state index contributed by atoms with van der Waals surface area (Å²) in [5, 5.41) is 0. The van der Waals surface area contributed by atoms with Gasteiger partial charge in [0.2, 0.25) is 0 Å². The highest BCUT2D eigenvalue weighted by molar-refractivity contribution is 7.80. The Morgan fingerprint density at radius 1 is 1.12 bits per heavy atom. The van der Waals surface area contributed by atoms with E-state index in [1.807, 2.05) is 6.92 Å². The third-order valence-corrected chi connectivity index (χ3v) is 3.38. The van der Waals surface area contributed by atoms with Crippen molar-refractivity contribution >= 4 is 10.4 Å². The Bertz CT molecular complexity index is 267. The molecule has 106 valence electrons. The molecular weight excluding hydrogens is 242 g/mol. The normalized spacial score (nSPS) is 15.1. The molecule has 0 bridgehead atoms. The van der Waals surface area contributed by atoms with E-state index in [1.54, 1.807) is 6.92 Å². The zero-order chi connectivity index (χ0) is 12.6. The summed E-state index contributed by atoms with van der Waals surface area (Å²) in [6.45, 7) is 5.78. The molecule has 2 unspecified atom stereocenters. The van der Waals surface area contributed by atoms with Crippen LogP contribution in [0.25, 0.3) is 0 Å². The van der Waals surface area contributed by atoms with Crippen LogP contribution in [0, 0.1) is 5.92 Å². The lowest BCUT2D eigenvalue weighted by Crippen LogP contribution is -2.21. The number of hydrogen-bond donors (Lipinski definition) is 2. The molecule has 0 saturated heterocycles. The Morgan fingerprint density at radius 3 is 2.12 bits per heavy atom. The van der Waals surface area contributed by atoms with E-state index < -0.39 is 16.5 Å². The van der Waals surface area contributed by atoms with Crippen LogP contribution in [0.15, 0.2) is 0 Å². The first-order chi connectivity index (χ1) is 7.37. The van der Waals surface area contributed by atoms with E-state index in [0.29, 0.717) is 0 Å². The second-order valence-corrected chi connectivity index (χ2v) is 5.46.